The molecule has 0 bridgehead atoms. The van der Waals surface area contributed by atoms with Crippen molar-refractivity contribution in [1.82, 2.24) is 0 Å². The Kier molecular flexibility index (Phi) is 10.1. The van der Waals surface area contributed by atoms with Gasteiger partial charge in [0, 0.05) is 13.8 Å². The lowest BCUT2D eigenvalue weighted by Crippen LogP contribution is -1.78. The average molecular weight is 226 g/mol. The van der Waals surface area contributed by atoms with Crippen LogP contribution in [0, 0.1) is 13.8 Å². The Morgan fingerprint density at radius 2 is 1.19 bits per heavy atom. The summed E-state index contributed by atoms with van der Waals surface area (Å²) in [5.41, 5.74) is 2.68. The van der Waals surface area contributed by atoms with Crippen molar-refractivity contribution >= 4 is 11.9 Å². The number of benzene rings is 1. The molecule has 0 aromatic heterocycles. The first kappa shape index (κ1) is 16.6. The van der Waals surface area contributed by atoms with Crippen LogP contribution >= 0.6 is 0 Å². The quantitative estimate of drug-likeness (QED) is 0.712. The minimum absolute atomic E-state index is 0.833. The van der Waals surface area contributed by atoms with Gasteiger partial charge in [0.05, 0.1) is 0 Å². The third-order valence-corrected chi connectivity index (χ3v) is 1.17. The number of hydrogen-bond acceptors (Lipinski definition) is 2. The van der Waals surface area contributed by atoms with Gasteiger partial charge in [-0.15, -0.1) is 0 Å². The molecular weight excluding hydrogens is 208 g/mol. The van der Waals surface area contributed by atoms with E-state index < -0.39 is 11.9 Å². The van der Waals surface area contributed by atoms with Gasteiger partial charge in [-0.3, -0.25) is 9.59 Å². The maximum atomic E-state index is 9.00. The van der Waals surface area contributed by atoms with E-state index in [1.165, 1.54) is 11.1 Å². The van der Waals surface area contributed by atoms with Crippen LogP contribution in [-0.2, 0) is 9.59 Å². The molecule has 0 fully saturated rings. The van der Waals surface area contributed by atoms with E-state index in [0.29, 0.717) is 0 Å². The maximum Gasteiger partial charge on any atom is 0.300 e. The van der Waals surface area contributed by atoms with E-state index in [1.807, 2.05) is 0 Å². The van der Waals surface area contributed by atoms with Gasteiger partial charge >= 0.3 is 0 Å². The molecule has 2 N–H and O–H groups in total. The van der Waals surface area contributed by atoms with Gasteiger partial charge in [-0.2, -0.15) is 0 Å². The van der Waals surface area contributed by atoms with Crippen LogP contribution in [0.4, 0.5) is 0 Å². The highest BCUT2D eigenvalue weighted by Gasteiger charge is 1.80. The maximum absolute atomic E-state index is 9.00. The van der Waals surface area contributed by atoms with Crippen molar-refractivity contribution < 1.29 is 19.8 Å². The fraction of sp³-hybridized carbons (Fsp3) is 0.333. The lowest BCUT2D eigenvalue weighted by atomic mass is 10.2. The minimum atomic E-state index is -0.833. The largest absolute Gasteiger partial charge is 0.481 e. The predicted octanol–water partition coefficient (Wildman–Crippen LogP) is 2.49. The summed E-state index contributed by atoms with van der Waals surface area (Å²) in [6.45, 7) is 6.38. The number of carbonyl (C=O) groups is 2. The number of hydrogen-bond donors (Lipinski definition) is 2. The molecule has 0 spiro atoms. The van der Waals surface area contributed by atoms with Crippen LogP contribution in [-0.4, -0.2) is 22.2 Å². The van der Waals surface area contributed by atoms with E-state index in [-0.39, 0.29) is 0 Å². The van der Waals surface area contributed by atoms with Crippen molar-refractivity contribution in [3.63, 3.8) is 0 Å². The topological polar surface area (TPSA) is 74.6 Å². The summed E-state index contributed by atoms with van der Waals surface area (Å²) >= 11 is 0. The molecule has 16 heavy (non-hydrogen) atoms. The van der Waals surface area contributed by atoms with E-state index in [2.05, 4.69) is 38.1 Å². The SMILES string of the molecule is CC(=O)O.CC(=O)O.Cc1cccc(C)c1. The number of aryl methyl sites for hydroxylation is 2. The molecule has 0 aliphatic heterocycles. The molecule has 90 valence electrons. The molecule has 1 aromatic carbocycles. The molecule has 0 saturated heterocycles. The van der Waals surface area contributed by atoms with Gasteiger partial charge in [-0.25, -0.2) is 0 Å². The first-order valence-corrected chi connectivity index (χ1v) is 4.68. The summed E-state index contributed by atoms with van der Waals surface area (Å²) in [6.07, 6.45) is 0. The van der Waals surface area contributed by atoms with Gasteiger partial charge in [0.15, 0.2) is 0 Å². The molecule has 0 saturated carbocycles. The van der Waals surface area contributed by atoms with Crippen LogP contribution in [0.15, 0.2) is 24.3 Å². The first-order valence-electron chi connectivity index (χ1n) is 4.68. The van der Waals surface area contributed by atoms with Crippen LogP contribution in [0.5, 0.6) is 0 Å². The number of carboxylic acid groups (broad SMARTS) is 2. The lowest BCUT2D eigenvalue weighted by molar-refractivity contribution is -0.135. The van der Waals surface area contributed by atoms with E-state index in [1.54, 1.807) is 0 Å². The van der Waals surface area contributed by atoms with Crippen molar-refractivity contribution in [1.29, 1.82) is 0 Å². The summed E-state index contributed by atoms with van der Waals surface area (Å²) < 4.78 is 0. The second kappa shape index (κ2) is 9.71. The molecule has 0 radical (unpaired) electrons. The first-order chi connectivity index (χ1) is 7.25. The highest BCUT2D eigenvalue weighted by molar-refractivity contribution is 5.63. The molecule has 1 aromatic rings. The molecule has 0 heterocycles. The van der Waals surface area contributed by atoms with Crippen molar-refractivity contribution in [2.45, 2.75) is 27.7 Å². The number of carboxylic acids is 2. The highest BCUT2D eigenvalue weighted by atomic mass is 16.4. The minimum Gasteiger partial charge on any atom is -0.481 e. The zero-order chi connectivity index (χ0) is 13.1. The summed E-state index contributed by atoms with van der Waals surface area (Å²) in [7, 11) is 0. The summed E-state index contributed by atoms with van der Waals surface area (Å²) in [4.78, 5) is 18.0. The Labute approximate surface area is 95.5 Å². The van der Waals surface area contributed by atoms with E-state index in [0.717, 1.165) is 13.8 Å². The third kappa shape index (κ3) is 22.7. The normalized spacial score (nSPS) is 7.75. The molecule has 0 unspecified atom stereocenters. The highest BCUT2D eigenvalue weighted by Crippen LogP contribution is 2.00. The molecule has 0 amide bonds. The van der Waals surface area contributed by atoms with Gasteiger partial charge in [-0.05, 0) is 13.8 Å². The predicted molar refractivity (Wildman–Crippen MR) is 62.5 cm³/mol. The molecular formula is C12H18O4. The fourth-order valence-corrected chi connectivity index (χ4v) is 0.807. The summed E-state index contributed by atoms with van der Waals surface area (Å²) in [5.74, 6) is -1.67. The van der Waals surface area contributed by atoms with Crippen LogP contribution in [0.1, 0.15) is 25.0 Å². The van der Waals surface area contributed by atoms with E-state index in [9.17, 15) is 0 Å². The molecule has 0 atom stereocenters. The van der Waals surface area contributed by atoms with Crippen molar-refractivity contribution in [2.75, 3.05) is 0 Å². The fourth-order valence-electron chi connectivity index (χ4n) is 0.807. The van der Waals surface area contributed by atoms with E-state index >= 15 is 0 Å². The Bertz CT molecular complexity index is 294. The lowest BCUT2D eigenvalue weighted by Gasteiger charge is -1.90. The van der Waals surface area contributed by atoms with Crippen LogP contribution in [0.2, 0.25) is 0 Å². The van der Waals surface area contributed by atoms with Crippen LogP contribution in [0.3, 0.4) is 0 Å². The molecule has 1 rings (SSSR count). The van der Waals surface area contributed by atoms with Gasteiger partial charge < -0.3 is 10.2 Å². The Hall–Kier alpha value is -1.84. The molecule has 4 heteroatoms. The average Bonchev–Trinajstić information content (AvgIpc) is 2.00. The zero-order valence-electron chi connectivity index (χ0n) is 10.0. The standard InChI is InChI=1S/C8H10.2C2H4O2/c1-7-4-3-5-8(2)6-7;2*1-2(3)4/h3-6H,1-2H3;2*1H3,(H,3,4). The second-order valence-electron chi connectivity index (χ2n) is 3.20. The van der Waals surface area contributed by atoms with Gasteiger partial charge in [0.25, 0.3) is 11.9 Å². The number of aliphatic carboxylic acids is 2. The molecule has 0 aliphatic rings. The Morgan fingerprint density at radius 3 is 1.31 bits per heavy atom. The monoisotopic (exact) mass is 226 g/mol. The van der Waals surface area contributed by atoms with Crippen LogP contribution < -0.4 is 0 Å². The van der Waals surface area contributed by atoms with Gasteiger partial charge in [-0.1, -0.05) is 35.4 Å². The smallest absolute Gasteiger partial charge is 0.300 e. The second-order valence-corrected chi connectivity index (χ2v) is 3.20. The number of rotatable bonds is 0. The Balaban J connectivity index is 0. The summed E-state index contributed by atoms with van der Waals surface area (Å²) in [5, 5.41) is 14.8. The van der Waals surface area contributed by atoms with Crippen LogP contribution in [0.25, 0.3) is 0 Å². The molecule has 4 nitrogen and oxygen atoms in total. The molecule has 0 aliphatic carbocycles. The third-order valence-electron chi connectivity index (χ3n) is 1.17. The zero-order valence-corrected chi connectivity index (χ0v) is 10.0. The van der Waals surface area contributed by atoms with E-state index in [4.69, 9.17) is 19.8 Å². The van der Waals surface area contributed by atoms with Crippen molar-refractivity contribution in [2.24, 2.45) is 0 Å². The van der Waals surface area contributed by atoms with Crippen molar-refractivity contribution in [3.8, 4) is 0 Å². The Morgan fingerprint density at radius 1 is 0.938 bits per heavy atom. The van der Waals surface area contributed by atoms with Gasteiger partial charge in [0.2, 0.25) is 0 Å². The summed E-state index contributed by atoms with van der Waals surface area (Å²) in [6, 6.07) is 8.45. The van der Waals surface area contributed by atoms with Gasteiger partial charge in [0.1, 0.15) is 0 Å². The van der Waals surface area contributed by atoms with Crippen molar-refractivity contribution in [3.05, 3.63) is 35.4 Å².